The number of methoxy groups -OCH3 is 3. The fourth-order valence-electron chi connectivity index (χ4n) is 2.95. The highest BCUT2D eigenvalue weighted by Crippen LogP contribution is 2.37. The van der Waals surface area contributed by atoms with E-state index in [-0.39, 0.29) is 17.3 Å². The predicted octanol–water partition coefficient (Wildman–Crippen LogP) is 5.67. The van der Waals surface area contributed by atoms with Gasteiger partial charge in [-0.1, -0.05) is 29.3 Å². The molecular formula is C23H21BrCl2N2O6S. The molecule has 0 radical (unpaired) electrons. The molecule has 0 aliphatic heterocycles. The number of nitrogens with one attached hydrogen (secondary N) is 1. The normalized spacial score (nSPS) is 11.4. The summed E-state index contributed by atoms with van der Waals surface area (Å²) in [6, 6.07) is 12.8. The Bertz CT molecular complexity index is 1350. The average Bonchev–Trinajstić information content (AvgIpc) is 2.84. The van der Waals surface area contributed by atoms with Crippen LogP contribution in [-0.4, -0.2) is 36.0 Å². The van der Waals surface area contributed by atoms with Crippen LogP contribution in [0.1, 0.15) is 11.1 Å². The van der Waals surface area contributed by atoms with Gasteiger partial charge in [-0.15, -0.1) is 0 Å². The van der Waals surface area contributed by atoms with Gasteiger partial charge in [0.2, 0.25) is 0 Å². The van der Waals surface area contributed by atoms with Crippen molar-refractivity contribution in [3.8, 4) is 23.0 Å². The number of nitrogens with zero attached hydrogens (tertiary/aromatic N) is 1. The van der Waals surface area contributed by atoms with Gasteiger partial charge >= 0.3 is 0 Å². The molecule has 0 saturated carbocycles. The Balaban J connectivity index is 1.75. The highest BCUT2D eigenvalue weighted by atomic mass is 79.9. The molecule has 0 fully saturated rings. The lowest BCUT2D eigenvalue weighted by Gasteiger charge is -2.14. The van der Waals surface area contributed by atoms with Gasteiger partial charge in [0.15, 0.2) is 23.0 Å². The van der Waals surface area contributed by atoms with Crippen molar-refractivity contribution in [2.24, 2.45) is 5.10 Å². The van der Waals surface area contributed by atoms with Crippen LogP contribution in [0.5, 0.6) is 23.0 Å². The van der Waals surface area contributed by atoms with E-state index in [2.05, 4.69) is 25.9 Å². The van der Waals surface area contributed by atoms with Gasteiger partial charge in [-0.25, -0.2) is 4.83 Å². The summed E-state index contributed by atoms with van der Waals surface area (Å²) in [7, 11) is 0.438. The summed E-state index contributed by atoms with van der Waals surface area (Å²) in [6.07, 6.45) is 1.34. The third kappa shape index (κ3) is 6.72. The molecular weight excluding hydrogens is 583 g/mol. The van der Waals surface area contributed by atoms with Crippen LogP contribution >= 0.6 is 39.1 Å². The zero-order chi connectivity index (χ0) is 25.6. The Kier molecular flexibility index (Phi) is 9.12. The second kappa shape index (κ2) is 11.9. The molecule has 8 nitrogen and oxygen atoms in total. The van der Waals surface area contributed by atoms with Crippen LogP contribution in [0.4, 0.5) is 0 Å². The van der Waals surface area contributed by atoms with Crippen molar-refractivity contribution in [3.63, 3.8) is 0 Å². The Morgan fingerprint density at radius 2 is 1.63 bits per heavy atom. The van der Waals surface area contributed by atoms with Crippen LogP contribution in [0, 0.1) is 0 Å². The van der Waals surface area contributed by atoms with Gasteiger partial charge in [0.25, 0.3) is 10.0 Å². The van der Waals surface area contributed by atoms with Gasteiger partial charge in [-0.05, 0) is 63.5 Å². The smallest absolute Gasteiger partial charge is 0.276 e. The van der Waals surface area contributed by atoms with Crippen molar-refractivity contribution in [1.82, 2.24) is 4.83 Å². The predicted molar refractivity (Wildman–Crippen MR) is 139 cm³/mol. The molecule has 3 rings (SSSR count). The number of ether oxygens (including phenoxy) is 4. The Labute approximate surface area is 221 Å². The molecule has 35 heavy (non-hydrogen) atoms. The lowest BCUT2D eigenvalue weighted by molar-refractivity contribution is 0.282. The highest BCUT2D eigenvalue weighted by Gasteiger charge is 2.17. The van der Waals surface area contributed by atoms with Gasteiger partial charge in [0.05, 0.1) is 47.0 Å². The number of benzene rings is 3. The minimum absolute atomic E-state index is 0.0305. The van der Waals surface area contributed by atoms with E-state index in [9.17, 15) is 8.42 Å². The van der Waals surface area contributed by atoms with Crippen LogP contribution in [-0.2, 0) is 16.6 Å². The first-order valence-electron chi connectivity index (χ1n) is 9.89. The zero-order valence-corrected chi connectivity index (χ0v) is 22.8. The van der Waals surface area contributed by atoms with E-state index in [1.165, 1.54) is 45.7 Å². The van der Waals surface area contributed by atoms with Crippen molar-refractivity contribution in [2.45, 2.75) is 11.5 Å². The average molecular weight is 604 g/mol. The molecule has 1 N–H and O–H groups in total. The number of hydrogen-bond acceptors (Lipinski definition) is 7. The zero-order valence-electron chi connectivity index (χ0n) is 18.8. The highest BCUT2D eigenvalue weighted by molar-refractivity contribution is 9.10. The van der Waals surface area contributed by atoms with E-state index in [1.54, 1.807) is 30.3 Å². The van der Waals surface area contributed by atoms with E-state index in [1.807, 2.05) is 0 Å². The minimum Gasteiger partial charge on any atom is -0.493 e. The maximum atomic E-state index is 12.6. The molecule has 0 amide bonds. The van der Waals surface area contributed by atoms with Crippen LogP contribution < -0.4 is 23.8 Å². The summed E-state index contributed by atoms with van der Waals surface area (Å²) in [5.74, 6) is 1.57. The lowest BCUT2D eigenvalue weighted by atomic mass is 10.2. The van der Waals surface area contributed by atoms with Gasteiger partial charge in [0, 0.05) is 6.07 Å². The summed E-state index contributed by atoms with van der Waals surface area (Å²) in [4.78, 5) is 2.14. The molecule has 0 spiro atoms. The standard InChI is InChI=1S/C23H21BrCl2N2O6S/c1-31-20-7-5-16(11-21(20)32-2)35(29,30)28-27-12-15-8-17(24)23(22(10-15)33-3)34-13-14-4-6-18(25)19(26)9-14/h4-12,28H,13H2,1-3H3/b27-12-. The van der Waals surface area contributed by atoms with Gasteiger partial charge in [-0.3, -0.25) is 0 Å². The first-order valence-corrected chi connectivity index (χ1v) is 12.9. The largest absolute Gasteiger partial charge is 0.493 e. The quantitative estimate of drug-likeness (QED) is 0.237. The molecule has 0 aliphatic rings. The SMILES string of the molecule is COc1ccc(S(=O)(=O)N/N=C\c2cc(Br)c(OCc3ccc(Cl)c(Cl)c3)c(OC)c2)cc1OC. The Morgan fingerprint density at radius 3 is 2.29 bits per heavy atom. The topological polar surface area (TPSA) is 95.5 Å². The molecule has 0 aromatic heterocycles. The van der Waals surface area contributed by atoms with Gasteiger partial charge in [-0.2, -0.15) is 13.5 Å². The van der Waals surface area contributed by atoms with Crippen molar-refractivity contribution >= 4 is 55.4 Å². The Morgan fingerprint density at radius 1 is 0.914 bits per heavy atom. The molecule has 186 valence electrons. The van der Waals surface area contributed by atoms with Crippen molar-refractivity contribution in [3.05, 3.63) is 74.2 Å². The maximum absolute atomic E-state index is 12.6. The van der Waals surface area contributed by atoms with E-state index in [4.69, 9.17) is 42.1 Å². The van der Waals surface area contributed by atoms with Gasteiger partial charge < -0.3 is 18.9 Å². The van der Waals surface area contributed by atoms with Crippen LogP contribution in [0.15, 0.2) is 63.0 Å². The number of hydrazone groups is 1. The van der Waals surface area contributed by atoms with Crippen LogP contribution in [0.25, 0.3) is 0 Å². The van der Waals surface area contributed by atoms with Gasteiger partial charge in [0.1, 0.15) is 6.61 Å². The second-order valence-electron chi connectivity index (χ2n) is 6.94. The van der Waals surface area contributed by atoms with Crippen molar-refractivity contribution in [1.29, 1.82) is 0 Å². The molecule has 3 aromatic rings. The van der Waals surface area contributed by atoms with E-state index in [0.29, 0.717) is 37.3 Å². The third-order valence-corrected chi connectivity index (χ3v) is 7.22. The Hall–Kier alpha value is -2.66. The summed E-state index contributed by atoms with van der Waals surface area (Å²) in [5.41, 5.74) is 1.38. The fourth-order valence-corrected chi connectivity index (χ4v) is 4.65. The molecule has 0 atom stereocenters. The molecule has 0 bridgehead atoms. The molecule has 3 aromatic carbocycles. The van der Waals surface area contributed by atoms with Crippen LogP contribution in [0.3, 0.4) is 0 Å². The van der Waals surface area contributed by atoms with E-state index in [0.717, 1.165) is 5.56 Å². The molecule has 12 heteroatoms. The lowest BCUT2D eigenvalue weighted by Crippen LogP contribution is -2.18. The van der Waals surface area contributed by atoms with Crippen LogP contribution in [0.2, 0.25) is 10.0 Å². The second-order valence-corrected chi connectivity index (χ2v) is 10.3. The van der Waals surface area contributed by atoms with Crippen molar-refractivity contribution in [2.75, 3.05) is 21.3 Å². The van der Waals surface area contributed by atoms with Crippen molar-refractivity contribution < 1.29 is 27.4 Å². The number of sulfonamides is 1. The van der Waals surface area contributed by atoms with E-state index < -0.39 is 10.0 Å². The summed E-state index contributed by atoms with van der Waals surface area (Å²) in [5, 5.41) is 4.76. The molecule has 0 aliphatic carbocycles. The number of rotatable bonds is 10. The summed E-state index contributed by atoms with van der Waals surface area (Å²) in [6.45, 7) is 0.227. The molecule has 0 heterocycles. The fraction of sp³-hybridized carbons (Fsp3) is 0.174. The molecule has 0 unspecified atom stereocenters. The monoisotopic (exact) mass is 602 g/mol. The third-order valence-electron chi connectivity index (χ3n) is 4.67. The minimum atomic E-state index is -3.94. The first kappa shape index (κ1) is 26.9. The molecule has 0 saturated heterocycles. The summed E-state index contributed by atoms with van der Waals surface area (Å²) < 4.78 is 47.4. The number of hydrogen-bond donors (Lipinski definition) is 1. The summed E-state index contributed by atoms with van der Waals surface area (Å²) >= 11 is 15.5. The number of halogens is 3. The first-order chi connectivity index (χ1) is 16.7. The maximum Gasteiger partial charge on any atom is 0.276 e. The van der Waals surface area contributed by atoms with E-state index >= 15 is 0 Å².